The number of rotatable bonds is 6. The molecule has 5 heteroatoms. The maximum absolute atomic E-state index is 13.5. The molecule has 21 heavy (non-hydrogen) atoms. The summed E-state index contributed by atoms with van der Waals surface area (Å²) in [6, 6.07) is 3.11. The van der Waals surface area contributed by atoms with Gasteiger partial charge >= 0.3 is 0 Å². The summed E-state index contributed by atoms with van der Waals surface area (Å²) in [7, 11) is 0. The second-order valence-electron chi connectivity index (χ2n) is 5.67. The molecule has 1 saturated carbocycles. The summed E-state index contributed by atoms with van der Waals surface area (Å²) < 4.78 is 32.8. The molecule has 0 bridgehead atoms. The van der Waals surface area contributed by atoms with Crippen LogP contribution < -0.4 is 11.3 Å². The van der Waals surface area contributed by atoms with Crippen molar-refractivity contribution in [1.29, 1.82) is 0 Å². The van der Waals surface area contributed by atoms with Crippen molar-refractivity contribution in [2.75, 3.05) is 6.61 Å². The number of hydrazine groups is 1. The molecule has 2 rings (SSSR count). The average molecular weight is 298 g/mol. The molecule has 0 amide bonds. The van der Waals surface area contributed by atoms with Gasteiger partial charge in [0.1, 0.15) is 11.6 Å². The van der Waals surface area contributed by atoms with Crippen molar-refractivity contribution in [3.05, 3.63) is 35.4 Å². The Labute approximate surface area is 124 Å². The van der Waals surface area contributed by atoms with Gasteiger partial charge in [-0.15, -0.1) is 0 Å². The van der Waals surface area contributed by atoms with E-state index in [0.29, 0.717) is 18.1 Å². The molecule has 3 nitrogen and oxygen atoms in total. The van der Waals surface area contributed by atoms with Crippen molar-refractivity contribution in [3.8, 4) is 0 Å². The fourth-order valence-corrected chi connectivity index (χ4v) is 3.30. The van der Waals surface area contributed by atoms with E-state index in [0.717, 1.165) is 18.9 Å². The van der Waals surface area contributed by atoms with Gasteiger partial charge < -0.3 is 4.74 Å². The third kappa shape index (κ3) is 4.22. The minimum absolute atomic E-state index is 0.165. The van der Waals surface area contributed by atoms with Crippen LogP contribution in [0.15, 0.2) is 18.2 Å². The lowest BCUT2D eigenvalue weighted by molar-refractivity contribution is -0.0185. The van der Waals surface area contributed by atoms with Gasteiger partial charge in [-0.05, 0) is 43.4 Å². The molecule has 1 fully saturated rings. The molecular weight excluding hydrogens is 274 g/mol. The van der Waals surface area contributed by atoms with Crippen LogP contribution in [0.5, 0.6) is 0 Å². The standard InChI is InChI=1S/C16H24F2N2O/c1-2-21-16(11-6-4-3-5-7-11)15(20-19)12-8-13(17)10-14(18)9-12/h8-11,15-16,20H,2-7,19H2,1H3. The average Bonchev–Trinajstić information content (AvgIpc) is 2.47. The Bertz CT molecular complexity index is 430. The molecule has 1 aromatic rings. The highest BCUT2D eigenvalue weighted by molar-refractivity contribution is 5.22. The second kappa shape index (κ2) is 7.82. The van der Waals surface area contributed by atoms with Crippen LogP contribution in [0.2, 0.25) is 0 Å². The summed E-state index contributed by atoms with van der Waals surface area (Å²) in [5, 5.41) is 0. The first-order valence-electron chi connectivity index (χ1n) is 7.69. The molecule has 0 heterocycles. The van der Waals surface area contributed by atoms with Gasteiger partial charge in [-0.2, -0.15) is 0 Å². The molecule has 2 atom stereocenters. The lowest BCUT2D eigenvalue weighted by Gasteiger charge is -2.35. The van der Waals surface area contributed by atoms with E-state index in [1.807, 2.05) is 6.92 Å². The normalized spacial score (nSPS) is 19.4. The summed E-state index contributed by atoms with van der Waals surface area (Å²) in [6.45, 7) is 2.48. The summed E-state index contributed by atoms with van der Waals surface area (Å²) >= 11 is 0. The molecule has 1 aliphatic rings. The maximum atomic E-state index is 13.5. The maximum Gasteiger partial charge on any atom is 0.126 e. The topological polar surface area (TPSA) is 47.3 Å². The zero-order valence-electron chi connectivity index (χ0n) is 12.4. The van der Waals surface area contributed by atoms with Crippen LogP contribution in [0.1, 0.15) is 50.6 Å². The molecule has 0 spiro atoms. The predicted molar refractivity (Wildman–Crippen MR) is 78.4 cm³/mol. The first-order chi connectivity index (χ1) is 10.2. The smallest absolute Gasteiger partial charge is 0.126 e. The summed E-state index contributed by atoms with van der Waals surface area (Å²) in [6.07, 6.45) is 5.55. The molecule has 0 radical (unpaired) electrons. The molecule has 0 saturated heterocycles. The first-order valence-corrected chi connectivity index (χ1v) is 7.69. The lowest BCUT2D eigenvalue weighted by atomic mass is 9.81. The first kappa shape index (κ1) is 16.3. The highest BCUT2D eigenvalue weighted by atomic mass is 19.1. The molecule has 2 unspecified atom stereocenters. The van der Waals surface area contributed by atoms with E-state index < -0.39 is 17.7 Å². The third-order valence-corrected chi connectivity index (χ3v) is 4.23. The Morgan fingerprint density at radius 1 is 1.19 bits per heavy atom. The molecule has 3 N–H and O–H groups in total. The van der Waals surface area contributed by atoms with Crippen LogP contribution in [0.3, 0.4) is 0 Å². The van der Waals surface area contributed by atoms with Gasteiger partial charge in [0.25, 0.3) is 0 Å². The van der Waals surface area contributed by atoms with Gasteiger partial charge in [0.2, 0.25) is 0 Å². The zero-order chi connectivity index (χ0) is 15.2. The number of hydrogen-bond acceptors (Lipinski definition) is 3. The highest BCUT2D eigenvalue weighted by Gasteiger charge is 2.32. The Morgan fingerprint density at radius 3 is 2.33 bits per heavy atom. The zero-order valence-corrected chi connectivity index (χ0v) is 12.4. The molecule has 0 aliphatic heterocycles. The van der Waals surface area contributed by atoms with Crippen LogP contribution in [-0.2, 0) is 4.74 Å². The van der Waals surface area contributed by atoms with Crippen molar-refractivity contribution in [2.24, 2.45) is 11.8 Å². The molecule has 118 valence electrons. The monoisotopic (exact) mass is 298 g/mol. The Hall–Kier alpha value is -1.04. The van der Waals surface area contributed by atoms with E-state index in [4.69, 9.17) is 10.6 Å². The number of halogens is 2. The van der Waals surface area contributed by atoms with Gasteiger partial charge in [0.15, 0.2) is 0 Å². The Morgan fingerprint density at radius 2 is 1.81 bits per heavy atom. The van der Waals surface area contributed by atoms with Crippen LogP contribution in [0, 0.1) is 17.6 Å². The fourth-order valence-electron chi connectivity index (χ4n) is 3.30. The quantitative estimate of drug-likeness (QED) is 0.624. The second-order valence-corrected chi connectivity index (χ2v) is 5.67. The molecular formula is C16H24F2N2O. The number of ether oxygens (including phenoxy) is 1. The summed E-state index contributed by atoms with van der Waals surface area (Å²) in [4.78, 5) is 0. The van der Waals surface area contributed by atoms with Crippen molar-refractivity contribution in [1.82, 2.24) is 5.43 Å². The van der Waals surface area contributed by atoms with Crippen molar-refractivity contribution < 1.29 is 13.5 Å². The van der Waals surface area contributed by atoms with Crippen LogP contribution >= 0.6 is 0 Å². The van der Waals surface area contributed by atoms with Gasteiger partial charge in [0.05, 0.1) is 12.1 Å². The van der Waals surface area contributed by atoms with Crippen molar-refractivity contribution in [3.63, 3.8) is 0 Å². The highest BCUT2D eigenvalue weighted by Crippen LogP contribution is 2.34. The number of nitrogens with one attached hydrogen (secondary N) is 1. The van der Waals surface area contributed by atoms with Gasteiger partial charge in [-0.3, -0.25) is 11.3 Å². The van der Waals surface area contributed by atoms with Gasteiger partial charge in [-0.1, -0.05) is 19.3 Å². The van der Waals surface area contributed by atoms with E-state index in [2.05, 4.69) is 5.43 Å². The Balaban J connectivity index is 2.25. The van der Waals surface area contributed by atoms with Crippen LogP contribution in [-0.4, -0.2) is 12.7 Å². The van der Waals surface area contributed by atoms with Gasteiger partial charge in [0, 0.05) is 12.7 Å². The van der Waals surface area contributed by atoms with Crippen molar-refractivity contribution >= 4 is 0 Å². The van der Waals surface area contributed by atoms with Crippen molar-refractivity contribution in [2.45, 2.75) is 51.2 Å². The number of hydrogen-bond donors (Lipinski definition) is 2. The lowest BCUT2D eigenvalue weighted by Crippen LogP contribution is -2.42. The van der Waals surface area contributed by atoms with Crippen LogP contribution in [0.25, 0.3) is 0 Å². The number of benzene rings is 1. The van der Waals surface area contributed by atoms with Crippen LogP contribution in [0.4, 0.5) is 8.78 Å². The number of nitrogens with two attached hydrogens (primary N) is 1. The molecule has 1 aromatic carbocycles. The van der Waals surface area contributed by atoms with E-state index in [-0.39, 0.29) is 6.10 Å². The van der Waals surface area contributed by atoms with E-state index in [1.54, 1.807) is 0 Å². The largest absolute Gasteiger partial charge is 0.376 e. The fraction of sp³-hybridized carbons (Fsp3) is 0.625. The molecule has 1 aliphatic carbocycles. The third-order valence-electron chi connectivity index (χ3n) is 4.23. The predicted octanol–water partition coefficient (Wildman–Crippen LogP) is 3.45. The minimum atomic E-state index is -0.593. The Kier molecular flexibility index (Phi) is 6.08. The summed E-state index contributed by atoms with van der Waals surface area (Å²) in [5.41, 5.74) is 3.20. The summed E-state index contributed by atoms with van der Waals surface area (Å²) in [5.74, 6) is 4.85. The SMILES string of the molecule is CCOC(C1CCCCC1)C(NN)c1cc(F)cc(F)c1. The van der Waals surface area contributed by atoms with E-state index >= 15 is 0 Å². The minimum Gasteiger partial charge on any atom is -0.376 e. The van der Waals surface area contributed by atoms with Gasteiger partial charge in [-0.25, -0.2) is 8.78 Å². The van der Waals surface area contributed by atoms with E-state index in [1.165, 1.54) is 31.4 Å². The van der Waals surface area contributed by atoms with E-state index in [9.17, 15) is 8.78 Å². The molecule has 0 aromatic heterocycles.